The van der Waals surface area contributed by atoms with Crippen molar-refractivity contribution >= 4 is 5.91 Å². The Labute approximate surface area is 107 Å². The largest absolute Gasteiger partial charge is 0.334 e. The summed E-state index contributed by atoms with van der Waals surface area (Å²) in [5, 5.41) is 0. The fraction of sp³-hybridized carbons (Fsp3) is 0.500. The number of carbonyl (C=O) groups excluding carboxylic acids is 1. The molecule has 1 aliphatic rings. The normalized spacial score (nSPS) is 24.1. The second-order valence-corrected chi connectivity index (χ2v) is 4.90. The number of rotatable bonds is 2. The van der Waals surface area contributed by atoms with Gasteiger partial charge in [-0.1, -0.05) is 19.1 Å². The highest BCUT2D eigenvalue weighted by Gasteiger charge is 2.32. The Hall–Kier alpha value is -1.42. The van der Waals surface area contributed by atoms with Crippen LogP contribution in [0.4, 0.5) is 4.39 Å². The van der Waals surface area contributed by atoms with E-state index < -0.39 is 5.82 Å². The van der Waals surface area contributed by atoms with Gasteiger partial charge in [-0.25, -0.2) is 4.39 Å². The first-order chi connectivity index (χ1) is 8.65. The average Bonchev–Trinajstić information content (AvgIpc) is 2.38. The first kappa shape index (κ1) is 13.0. The molecule has 2 atom stereocenters. The number of piperidine rings is 1. The first-order valence-corrected chi connectivity index (χ1v) is 6.40. The van der Waals surface area contributed by atoms with Gasteiger partial charge >= 0.3 is 0 Å². The minimum Gasteiger partial charge on any atom is -0.334 e. The van der Waals surface area contributed by atoms with Crippen LogP contribution in [-0.2, 0) is 0 Å². The fourth-order valence-corrected chi connectivity index (χ4v) is 2.65. The van der Waals surface area contributed by atoms with Crippen LogP contribution in [0.2, 0.25) is 0 Å². The summed E-state index contributed by atoms with van der Waals surface area (Å²) in [5.74, 6) is -0.328. The van der Waals surface area contributed by atoms with Crippen molar-refractivity contribution in [3.8, 4) is 0 Å². The molecule has 1 aliphatic heterocycles. The lowest BCUT2D eigenvalue weighted by molar-refractivity contribution is 0.0528. The van der Waals surface area contributed by atoms with E-state index in [4.69, 9.17) is 5.73 Å². The molecule has 0 bridgehead atoms. The fourth-order valence-electron chi connectivity index (χ4n) is 2.65. The number of hydrogen-bond donors (Lipinski definition) is 1. The number of benzene rings is 1. The van der Waals surface area contributed by atoms with Gasteiger partial charge < -0.3 is 10.6 Å². The summed E-state index contributed by atoms with van der Waals surface area (Å²) in [4.78, 5) is 14.1. The van der Waals surface area contributed by atoms with Crippen molar-refractivity contribution in [2.75, 3.05) is 13.1 Å². The minimum absolute atomic E-state index is 0.0193. The van der Waals surface area contributed by atoms with Crippen molar-refractivity contribution in [1.82, 2.24) is 4.90 Å². The first-order valence-electron chi connectivity index (χ1n) is 6.40. The van der Waals surface area contributed by atoms with Crippen molar-refractivity contribution < 1.29 is 9.18 Å². The summed E-state index contributed by atoms with van der Waals surface area (Å²) in [5.41, 5.74) is 5.89. The number of nitrogens with two attached hydrogens (primary N) is 1. The molecule has 3 nitrogen and oxygen atoms in total. The lowest BCUT2D eigenvalue weighted by Gasteiger charge is -2.39. The average molecular weight is 250 g/mol. The third-order valence-electron chi connectivity index (χ3n) is 3.72. The Morgan fingerprint density at radius 3 is 2.89 bits per heavy atom. The summed E-state index contributed by atoms with van der Waals surface area (Å²) >= 11 is 0. The molecule has 2 N–H and O–H groups in total. The second kappa shape index (κ2) is 5.48. The van der Waals surface area contributed by atoms with E-state index in [9.17, 15) is 9.18 Å². The number of likely N-dealkylation sites (tertiary alicyclic amines) is 1. The van der Waals surface area contributed by atoms with Crippen LogP contribution in [0.15, 0.2) is 24.3 Å². The summed E-state index contributed by atoms with van der Waals surface area (Å²) in [7, 11) is 0. The van der Waals surface area contributed by atoms with E-state index in [1.54, 1.807) is 17.0 Å². The van der Waals surface area contributed by atoms with Crippen molar-refractivity contribution in [3.05, 3.63) is 35.6 Å². The van der Waals surface area contributed by atoms with Crippen molar-refractivity contribution in [3.63, 3.8) is 0 Å². The van der Waals surface area contributed by atoms with Gasteiger partial charge in [-0.2, -0.15) is 0 Å². The molecule has 18 heavy (non-hydrogen) atoms. The van der Waals surface area contributed by atoms with Gasteiger partial charge in [-0.15, -0.1) is 0 Å². The molecular formula is C14H19FN2O. The third kappa shape index (κ3) is 2.38. The van der Waals surface area contributed by atoms with E-state index in [0.29, 0.717) is 19.0 Å². The quantitative estimate of drug-likeness (QED) is 0.873. The van der Waals surface area contributed by atoms with Gasteiger partial charge in [0.05, 0.1) is 5.56 Å². The maximum Gasteiger partial charge on any atom is 0.257 e. The Kier molecular flexibility index (Phi) is 3.97. The zero-order valence-corrected chi connectivity index (χ0v) is 10.6. The molecule has 1 fully saturated rings. The van der Waals surface area contributed by atoms with E-state index in [2.05, 4.69) is 6.92 Å². The molecular weight excluding hydrogens is 231 g/mol. The maximum atomic E-state index is 13.6. The zero-order valence-electron chi connectivity index (χ0n) is 10.6. The smallest absolute Gasteiger partial charge is 0.257 e. The van der Waals surface area contributed by atoms with Crippen molar-refractivity contribution in [2.24, 2.45) is 11.7 Å². The minimum atomic E-state index is -0.462. The maximum absolute atomic E-state index is 13.6. The summed E-state index contributed by atoms with van der Waals surface area (Å²) in [6.45, 7) is 3.19. The van der Waals surface area contributed by atoms with E-state index in [1.165, 1.54) is 12.1 Å². The van der Waals surface area contributed by atoms with Gasteiger partial charge in [0, 0.05) is 19.1 Å². The SMILES string of the molecule is C[C@@H]1CCCN(C(=O)c2ccccc2F)[C@H]1CN. The summed E-state index contributed by atoms with van der Waals surface area (Å²) in [6, 6.07) is 6.14. The van der Waals surface area contributed by atoms with Crippen LogP contribution in [0.25, 0.3) is 0 Å². The molecule has 1 amide bonds. The van der Waals surface area contributed by atoms with Gasteiger partial charge in [-0.3, -0.25) is 4.79 Å². The van der Waals surface area contributed by atoms with Crippen LogP contribution in [0.1, 0.15) is 30.1 Å². The summed E-state index contributed by atoms with van der Waals surface area (Å²) < 4.78 is 13.6. The number of carbonyl (C=O) groups is 1. The molecule has 0 radical (unpaired) electrons. The highest BCUT2D eigenvalue weighted by molar-refractivity contribution is 5.94. The lowest BCUT2D eigenvalue weighted by atomic mass is 9.90. The monoisotopic (exact) mass is 250 g/mol. The van der Waals surface area contributed by atoms with Crippen LogP contribution in [-0.4, -0.2) is 29.9 Å². The van der Waals surface area contributed by atoms with E-state index >= 15 is 0 Å². The molecule has 1 saturated heterocycles. The highest BCUT2D eigenvalue weighted by Crippen LogP contribution is 2.24. The zero-order chi connectivity index (χ0) is 13.1. The molecule has 98 valence electrons. The van der Waals surface area contributed by atoms with Crippen molar-refractivity contribution in [2.45, 2.75) is 25.8 Å². The number of amides is 1. The van der Waals surface area contributed by atoms with Crippen LogP contribution >= 0.6 is 0 Å². The topological polar surface area (TPSA) is 46.3 Å². The Bertz CT molecular complexity index is 436. The van der Waals surface area contributed by atoms with Gasteiger partial charge in [0.15, 0.2) is 0 Å². The lowest BCUT2D eigenvalue weighted by Crippen LogP contribution is -2.51. The molecule has 0 aromatic heterocycles. The number of nitrogens with zero attached hydrogens (tertiary/aromatic N) is 1. The standard InChI is InChI=1S/C14H19FN2O/c1-10-5-4-8-17(13(10)9-16)14(18)11-6-2-3-7-12(11)15/h2-3,6-7,10,13H,4-5,8-9,16H2,1H3/t10-,13+/m1/s1. The molecule has 2 rings (SSSR count). The predicted molar refractivity (Wildman–Crippen MR) is 68.7 cm³/mol. The third-order valence-corrected chi connectivity index (χ3v) is 3.72. The molecule has 0 unspecified atom stereocenters. The van der Waals surface area contributed by atoms with Crippen LogP contribution in [0.5, 0.6) is 0 Å². The number of hydrogen-bond acceptors (Lipinski definition) is 2. The predicted octanol–water partition coefficient (Wildman–Crippen LogP) is 2.03. The van der Waals surface area contributed by atoms with Crippen molar-refractivity contribution in [1.29, 1.82) is 0 Å². The Morgan fingerprint density at radius 2 is 2.22 bits per heavy atom. The van der Waals surface area contributed by atoms with Gasteiger partial charge in [-0.05, 0) is 30.9 Å². The van der Waals surface area contributed by atoms with Crippen LogP contribution in [0, 0.1) is 11.7 Å². The van der Waals surface area contributed by atoms with E-state index in [0.717, 1.165) is 12.8 Å². The molecule has 0 aliphatic carbocycles. The Balaban J connectivity index is 2.25. The van der Waals surface area contributed by atoms with Crippen LogP contribution < -0.4 is 5.73 Å². The molecule has 0 spiro atoms. The molecule has 1 aromatic carbocycles. The second-order valence-electron chi connectivity index (χ2n) is 4.90. The van der Waals surface area contributed by atoms with E-state index in [1.807, 2.05) is 0 Å². The Morgan fingerprint density at radius 1 is 1.50 bits per heavy atom. The molecule has 1 heterocycles. The molecule has 1 aromatic rings. The van der Waals surface area contributed by atoms with Gasteiger partial charge in [0.2, 0.25) is 0 Å². The number of halogens is 1. The molecule has 4 heteroatoms. The summed E-state index contributed by atoms with van der Waals surface area (Å²) in [6.07, 6.45) is 2.03. The van der Waals surface area contributed by atoms with Gasteiger partial charge in [0.1, 0.15) is 5.82 Å². The molecule has 0 saturated carbocycles. The van der Waals surface area contributed by atoms with Crippen LogP contribution in [0.3, 0.4) is 0 Å². The highest BCUT2D eigenvalue weighted by atomic mass is 19.1. The van der Waals surface area contributed by atoms with Gasteiger partial charge in [0.25, 0.3) is 5.91 Å². The van der Waals surface area contributed by atoms with E-state index in [-0.39, 0.29) is 17.5 Å².